The van der Waals surface area contributed by atoms with Gasteiger partial charge in [0.1, 0.15) is 10.8 Å². The maximum Gasteiger partial charge on any atom is 0.208 e. The highest BCUT2D eigenvalue weighted by Crippen LogP contribution is 2.33. The highest BCUT2D eigenvalue weighted by atomic mass is 32.2. The van der Waals surface area contributed by atoms with E-state index in [2.05, 4.69) is 25.5 Å². The summed E-state index contributed by atoms with van der Waals surface area (Å²) in [7, 11) is 3.91. The molecule has 2 heterocycles. The smallest absolute Gasteiger partial charge is 0.208 e. The van der Waals surface area contributed by atoms with Gasteiger partial charge in [0.05, 0.1) is 0 Å². The molecule has 9 heteroatoms. The number of aromatic nitrogens is 4. The second-order valence-corrected chi connectivity index (χ2v) is 6.95. The van der Waals surface area contributed by atoms with Gasteiger partial charge in [-0.25, -0.2) is 9.97 Å². The highest BCUT2D eigenvalue weighted by Gasteiger charge is 2.10. The van der Waals surface area contributed by atoms with E-state index < -0.39 is 0 Å². The van der Waals surface area contributed by atoms with Gasteiger partial charge in [0.2, 0.25) is 5.13 Å². The Kier molecular flexibility index (Phi) is 5.44. The fourth-order valence-corrected chi connectivity index (χ4v) is 3.48. The molecule has 0 aliphatic heterocycles. The third kappa shape index (κ3) is 3.97. The molecule has 0 amide bonds. The van der Waals surface area contributed by atoms with Crippen molar-refractivity contribution in [3.63, 3.8) is 0 Å². The van der Waals surface area contributed by atoms with Crippen LogP contribution in [0.1, 0.15) is 6.92 Å². The molecule has 6 nitrogen and oxygen atoms in total. The molecule has 0 aliphatic rings. The number of nitrogens with zero attached hydrogens (tertiary/aromatic N) is 5. The normalized spacial score (nSPS) is 10.6. The molecular weight excluding hydrogens is 312 g/mol. The van der Waals surface area contributed by atoms with Gasteiger partial charge in [0.15, 0.2) is 9.50 Å². The van der Waals surface area contributed by atoms with Crippen LogP contribution in [0.25, 0.3) is 0 Å². The summed E-state index contributed by atoms with van der Waals surface area (Å²) in [6.45, 7) is 2.88. The van der Waals surface area contributed by atoms with E-state index >= 15 is 0 Å². The van der Waals surface area contributed by atoms with E-state index in [0.29, 0.717) is 0 Å². The van der Waals surface area contributed by atoms with Gasteiger partial charge in [0, 0.05) is 26.7 Å². The molecule has 1 N–H and O–H groups in total. The maximum atomic E-state index is 4.48. The summed E-state index contributed by atoms with van der Waals surface area (Å²) >= 11 is 4.58. The number of nitrogens with one attached hydrogen (secondary N) is 1. The first-order chi connectivity index (χ1) is 9.62. The molecule has 2 aromatic heterocycles. The van der Waals surface area contributed by atoms with Crippen LogP contribution in [-0.2, 0) is 0 Å². The van der Waals surface area contributed by atoms with Crippen LogP contribution < -0.4 is 10.2 Å². The molecule has 0 unspecified atom stereocenters. The Bertz CT molecular complexity index is 571. The minimum Gasteiger partial charge on any atom is -0.370 e. The van der Waals surface area contributed by atoms with Gasteiger partial charge in [0.25, 0.3) is 0 Å². The van der Waals surface area contributed by atoms with Gasteiger partial charge in [-0.2, -0.15) is 0 Å². The summed E-state index contributed by atoms with van der Waals surface area (Å²) in [5.41, 5.74) is 0. The minimum absolute atomic E-state index is 0.753. The number of rotatable bonds is 6. The Hall–Kier alpha value is -1.06. The Balaban J connectivity index is 2.20. The zero-order valence-electron chi connectivity index (χ0n) is 11.7. The van der Waals surface area contributed by atoms with Crippen LogP contribution >= 0.6 is 34.9 Å². The van der Waals surface area contributed by atoms with Crippen LogP contribution in [0.4, 0.5) is 10.9 Å². The molecule has 0 radical (unpaired) electrons. The first kappa shape index (κ1) is 15.3. The van der Waals surface area contributed by atoms with Gasteiger partial charge in [-0.3, -0.25) is 0 Å². The van der Waals surface area contributed by atoms with E-state index in [1.54, 1.807) is 11.3 Å². The van der Waals surface area contributed by atoms with Gasteiger partial charge in [-0.15, -0.1) is 10.2 Å². The van der Waals surface area contributed by atoms with E-state index in [-0.39, 0.29) is 0 Å². The molecule has 0 atom stereocenters. The predicted octanol–water partition coefficient (Wildman–Crippen LogP) is 2.70. The summed E-state index contributed by atoms with van der Waals surface area (Å²) in [4.78, 5) is 10.8. The first-order valence-electron chi connectivity index (χ1n) is 5.98. The summed E-state index contributed by atoms with van der Waals surface area (Å²) in [5, 5.41) is 14.0. The van der Waals surface area contributed by atoms with E-state index in [1.165, 1.54) is 23.5 Å². The van der Waals surface area contributed by atoms with E-state index in [9.17, 15) is 0 Å². The third-order valence-electron chi connectivity index (χ3n) is 2.19. The Morgan fingerprint density at radius 1 is 1.30 bits per heavy atom. The molecule has 0 fully saturated rings. The maximum absolute atomic E-state index is 4.48. The summed E-state index contributed by atoms with van der Waals surface area (Å²) in [6, 6.07) is 1.94. The quantitative estimate of drug-likeness (QED) is 0.493. The molecule has 0 saturated carbocycles. The molecule has 2 aromatic rings. The van der Waals surface area contributed by atoms with Gasteiger partial charge in [-0.1, -0.05) is 23.1 Å². The first-order valence-corrected chi connectivity index (χ1v) is 8.83. The molecule has 0 aliphatic carbocycles. The van der Waals surface area contributed by atoms with Crippen LogP contribution in [0.3, 0.4) is 0 Å². The van der Waals surface area contributed by atoms with Gasteiger partial charge >= 0.3 is 0 Å². The second kappa shape index (κ2) is 7.09. The molecule has 0 saturated heterocycles. The molecular formula is C11H16N6S3. The van der Waals surface area contributed by atoms with E-state index in [0.717, 1.165) is 32.0 Å². The topological polar surface area (TPSA) is 66.8 Å². The number of thioether (sulfide) groups is 1. The molecule has 0 aromatic carbocycles. The third-order valence-corrected chi connectivity index (χ3v) is 4.80. The van der Waals surface area contributed by atoms with Crippen molar-refractivity contribution in [2.75, 3.05) is 37.1 Å². The van der Waals surface area contributed by atoms with Crippen molar-refractivity contribution < 1.29 is 0 Å². The number of hydrogen-bond acceptors (Lipinski definition) is 9. The lowest BCUT2D eigenvalue weighted by Gasteiger charge is -2.06. The van der Waals surface area contributed by atoms with Crippen LogP contribution in [0.5, 0.6) is 0 Å². The molecule has 20 heavy (non-hydrogen) atoms. The van der Waals surface area contributed by atoms with Gasteiger partial charge < -0.3 is 10.2 Å². The standard InChI is InChI=1S/C11H16N6S3/c1-5-12-7-6-8(14-9(13-7)18-4)19-11-16-15-10(20-11)17(2)3/h6H,5H2,1-4H3,(H,12,13,14). The van der Waals surface area contributed by atoms with Crippen LogP contribution in [0.2, 0.25) is 0 Å². The predicted molar refractivity (Wildman–Crippen MR) is 86.3 cm³/mol. The molecule has 0 spiro atoms. The summed E-state index contributed by atoms with van der Waals surface area (Å²) in [5.74, 6) is 0.840. The van der Waals surface area contributed by atoms with Crippen molar-refractivity contribution >= 4 is 45.8 Å². The molecule has 0 bridgehead atoms. The van der Waals surface area contributed by atoms with Crippen molar-refractivity contribution in [2.24, 2.45) is 0 Å². The number of anilines is 2. The average molecular weight is 328 g/mol. The fraction of sp³-hybridized carbons (Fsp3) is 0.455. The van der Waals surface area contributed by atoms with Gasteiger partial charge in [-0.05, 0) is 24.9 Å². The lowest BCUT2D eigenvalue weighted by atomic mass is 10.5. The Labute approximate surface area is 130 Å². The minimum atomic E-state index is 0.753. The zero-order valence-corrected chi connectivity index (χ0v) is 14.2. The van der Waals surface area contributed by atoms with Crippen molar-refractivity contribution in [1.29, 1.82) is 0 Å². The van der Waals surface area contributed by atoms with Crippen LogP contribution in [0.15, 0.2) is 20.6 Å². The molecule has 2 rings (SSSR count). The zero-order chi connectivity index (χ0) is 14.5. The van der Waals surface area contributed by atoms with E-state index in [4.69, 9.17) is 0 Å². The Morgan fingerprint density at radius 3 is 2.70 bits per heavy atom. The SMILES string of the molecule is CCNc1cc(Sc2nnc(N(C)C)s2)nc(SC)n1. The highest BCUT2D eigenvalue weighted by molar-refractivity contribution is 8.01. The number of hydrogen-bond donors (Lipinski definition) is 1. The monoisotopic (exact) mass is 328 g/mol. The van der Waals surface area contributed by atoms with Crippen molar-refractivity contribution in [3.05, 3.63) is 6.07 Å². The fourth-order valence-electron chi connectivity index (χ4n) is 1.33. The molecule has 108 valence electrons. The Morgan fingerprint density at radius 2 is 2.10 bits per heavy atom. The van der Waals surface area contributed by atoms with Crippen LogP contribution in [-0.4, -0.2) is 47.1 Å². The lowest BCUT2D eigenvalue weighted by molar-refractivity contribution is 0.889. The second-order valence-electron chi connectivity index (χ2n) is 3.96. The lowest BCUT2D eigenvalue weighted by Crippen LogP contribution is -2.07. The summed E-state index contributed by atoms with van der Waals surface area (Å²) < 4.78 is 0.877. The van der Waals surface area contributed by atoms with E-state index in [1.807, 2.05) is 38.2 Å². The van der Waals surface area contributed by atoms with Crippen molar-refractivity contribution in [3.8, 4) is 0 Å². The summed E-state index contributed by atoms with van der Waals surface area (Å²) in [6.07, 6.45) is 1.97. The van der Waals surface area contributed by atoms with Crippen molar-refractivity contribution in [1.82, 2.24) is 20.2 Å². The largest absolute Gasteiger partial charge is 0.370 e. The van der Waals surface area contributed by atoms with Crippen LogP contribution in [0, 0.1) is 0 Å². The van der Waals surface area contributed by atoms with Crippen molar-refractivity contribution in [2.45, 2.75) is 21.4 Å². The average Bonchev–Trinajstić information content (AvgIpc) is 2.87.